The number of aliphatic hydroxyl groups is 1. The molecule has 0 aliphatic carbocycles. The molecule has 0 bridgehead atoms. The Bertz CT molecular complexity index is 994. The minimum absolute atomic E-state index is 0.0150. The van der Waals surface area contributed by atoms with Crippen molar-refractivity contribution in [2.45, 2.75) is 44.3 Å². The van der Waals surface area contributed by atoms with E-state index in [9.17, 15) is 14.4 Å². The first-order valence-corrected chi connectivity index (χ1v) is 9.49. The summed E-state index contributed by atoms with van der Waals surface area (Å²) in [5.41, 5.74) is 0.687. The monoisotopic (exact) mass is 385 g/mol. The highest BCUT2D eigenvalue weighted by molar-refractivity contribution is 5.78. The van der Waals surface area contributed by atoms with Gasteiger partial charge >= 0.3 is 5.69 Å². The summed E-state index contributed by atoms with van der Waals surface area (Å²) in [4.78, 5) is 42.9. The van der Waals surface area contributed by atoms with E-state index >= 15 is 0 Å². The highest BCUT2D eigenvalue weighted by Gasteiger charge is 2.43. The number of rotatable bonds is 3. The van der Waals surface area contributed by atoms with Gasteiger partial charge in [0, 0.05) is 25.9 Å². The zero-order valence-corrected chi connectivity index (χ0v) is 15.5. The van der Waals surface area contributed by atoms with Crippen molar-refractivity contribution >= 4 is 5.91 Å². The van der Waals surface area contributed by atoms with Crippen LogP contribution in [0, 0.1) is 0 Å². The van der Waals surface area contributed by atoms with E-state index in [2.05, 4.69) is 9.97 Å². The van der Waals surface area contributed by atoms with E-state index in [1.54, 1.807) is 0 Å². The standard InChI is InChI=1S/C20H23N3O5/c24-12-14-4-2-13(3-5-14)10-16(25)23-8-1-6-20(7-9-23)11-15-17(26)21-19(27)22-18(15)28-20/h2-5,24H,1,6-12H2,(H2,21,22,26,27)/t20-/m0/s1. The van der Waals surface area contributed by atoms with Gasteiger partial charge in [0.2, 0.25) is 11.8 Å². The van der Waals surface area contributed by atoms with Crippen molar-refractivity contribution in [3.05, 3.63) is 61.8 Å². The Hall–Kier alpha value is -2.87. The number of likely N-dealkylation sites (tertiary alicyclic amines) is 1. The lowest BCUT2D eigenvalue weighted by Gasteiger charge is -2.27. The third-order valence-corrected chi connectivity index (χ3v) is 5.63. The molecule has 2 aliphatic heterocycles. The lowest BCUT2D eigenvalue weighted by Crippen LogP contribution is -2.38. The third kappa shape index (κ3) is 3.60. The molecule has 1 amide bonds. The van der Waals surface area contributed by atoms with Gasteiger partial charge in [0.25, 0.3) is 5.56 Å². The molecule has 0 radical (unpaired) electrons. The first-order valence-electron chi connectivity index (χ1n) is 9.49. The molecule has 28 heavy (non-hydrogen) atoms. The number of amides is 1. The number of benzene rings is 1. The van der Waals surface area contributed by atoms with Crippen molar-refractivity contribution in [3.8, 4) is 5.88 Å². The van der Waals surface area contributed by atoms with Gasteiger partial charge < -0.3 is 14.7 Å². The van der Waals surface area contributed by atoms with Crippen molar-refractivity contribution < 1.29 is 14.6 Å². The van der Waals surface area contributed by atoms with Crippen LogP contribution in [0.15, 0.2) is 33.9 Å². The molecule has 1 fully saturated rings. The molecule has 2 aliphatic rings. The Morgan fingerprint density at radius 2 is 1.86 bits per heavy atom. The maximum absolute atomic E-state index is 12.7. The van der Waals surface area contributed by atoms with Gasteiger partial charge in [-0.05, 0) is 24.0 Å². The van der Waals surface area contributed by atoms with Gasteiger partial charge in [0.05, 0.1) is 18.6 Å². The molecular weight excluding hydrogens is 362 g/mol. The second-order valence-corrected chi connectivity index (χ2v) is 7.56. The van der Waals surface area contributed by atoms with E-state index in [4.69, 9.17) is 9.84 Å². The molecule has 0 saturated carbocycles. The molecule has 1 atom stereocenters. The summed E-state index contributed by atoms with van der Waals surface area (Å²) in [6.07, 6.45) is 2.85. The van der Waals surface area contributed by atoms with Crippen LogP contribution in [0.3, 0.4) is 0 Å². The Morgan fingerprint density at radius 3 is 2.61 bits per heavy atom. The second-order valence-electron chi connectivity index (χ2n) is 7.56. The first-order chi connectivity index (χ1) is 13.5. The lowest BCUT2D eigenvalue weighted by molar-refractivity contribution is -0.130. The van der Waals surface area contributed by atoms with Crippen molar-refractivity contribution in [1.82, 2.24) is 14.9 Å². The minimum Gasteiger partial charge on any atom is -0.471 e. The number of aromatic amines is 2. The number of nitrogens with zero attached hydrogens (tertiary/aromatic N) is 1. The van der Waals surface area contributed by atoms with E-state index in [1.807, 2.05) is 29.2 Å². The third-order valence-electron chi connectivity index (χ3n) is 5.63. The molecule has 1 spiro atoms. The zero-order chi connectivity index (χ0) is 19.7. The summed E-state index contributed by atoms with van der Waals surface area (Å²) in [6.45, 7) is 1.17. The quantitative estimate of drug-likeness (QED) is 0.711. The van der Waals surface area contributed by atoms with Crippen molar-refractivity contribution in [3.63, 3.8) is 0 Å². The van der Waals surface area contributed by atoms with Crippen LogP contribution in [0.1, 0.15) is 36.0 Å². The number of H-pyrrole nitrogens is 2. The number of carbonyl (C=O) groups is 1. The highest BCUT2D eigenvalue weighted by atomic mass is 16.5. The number of fused-ring (bicyclic) bond motifs is 1. The van der Waals surface area contributed by atoms with Crippen LogP contribution in [0.2, 0.25) is 0 Å². The maximum Gasteiger partial charge on any atom is 0.328 e. The molecule has 2 aromatic rings. The fraction of sp³-hybridized carbons (Fsp3) is 0.450. The Labute approximate surface area is 161 Å². The van der Waals surface area contributed by atoms with Crippen LogP contribution < -0.4 is 16.0 Å². The average molecular weight is 385 g/mol. The predicted molar refractivity (Wildman–Crippen MR) is 101 cm³/mol. The number of ether oxygens (including phenoxy) is 1. The Morgan fingerprint density at radius 1 is 1.11 bits per heavy atom. The summed E-state index contributed by atoms with van der Waals surface area (Å²) in [5, 5.41) is 9.12. The van der Waals surface area contributed by atoms with Gasteiger partial charge in [0.1, 0.15) is 5.60 Å². The number of hydrogen-bond acceptors (Lipinski definition) is 5. The van der Waals surface area contributed by atoms with Crippen molar-refractivity contribution in [2.24, 2.45) is 0 Å². The molecular formula is C20H23N3O5. The number of aliphatic hydroxyl groups excluding tert-OH is 1. The van der Waals surface area contributed by atoms with E-state index in [-0.39, 0.29) is 18.4 Å². The smallest absolute Gasteiger partial charge is 0.328 e. The summed E-state index contributed by atoms with van der Waals surface area (Å²) in [6, 6.07) is 7.37. The molecule has 8 nitrogen and oxygen atoms in total. The fourth-order valence-electron chi connectivity index (χ4n) is 4.06. The Kier molecular flexibility index (Phi) is 4.80. The number of hydrogen-bond donors (Lipinski definition) is 3. The van der Waals surface area contributed by atoms with E-state index in [0.717, 1.165) is 24.0 Å². The number of nitrogens with one attached hydrogen (secondary N) is 2. The lowest BCUT2D eigenvalue weighted by atomic mass is 9.90. The molecule has 148 valence electrons. The second kappa shape index (κ2) is 7.27. The highest BCUT2D eigenvalue weighted by Crippen LogP contribution is 2.37. The molecule has 1 aromatic heterocycles. The average Bonchev–Trinajstić information content (AvgIpc) is 2.90. The zero-order valence-electron chi connectivity index (χ0n) is 15.5. The topological polar surface area (TPSA) is 115 Å². The molecule has 0 unspecified atom stereocenters. The predicted octanol–water partition coefficient (Wildman–Crippen LogP) is 0.484. The van der Waals surface area contributed by atoms with Crippen LogP contribution in [-0.4, -0.2) is 44.6 Å². The van der Waals surface area contributed by atoms with Crippen LogP contribution in [0.25, 0.3) is 0 Å². The summed E-state index contributed by atoms with van der Waals surface area (Å²) < 4.78 is 6.01. The molecule has 3 N–H and O–H groups in total. The SMILES string of the molecule is O=C(Cc1ccc(CO)cc1)N1CCC[C@]2(CC1)Cc1c([nH]c(=O)[nH]c1=O)O2. The molecule has 1 aromatic carbocycles. The van der Waals surface area contributed by atoms with Gasteiger partial charge in [-0.2, -0.15) is 0 Å². The number of aromatic nitrogens is 2. The molecule has 4 rings (SSSR count). The van der Waals surface area contributed by atoms with Crippen molar-refractivity contribution in [1.29, 1.82) is 0 Å². The molecule has 1 saturated heterocycles. The van der Waals surface area contributed by atoms with Crippen LogP contribution in [0.5, 0.6) is 5.88 Å². The minimum atomic E-state index is -0.571. The largest absolute Gasteiger partial charge is 0.471 e. The van der Waals surface area contributed by atoms with Gasteiger partial charge in [0.15, 0.2) is 0 Å². The molecule has 3 heterocycles. The molecule has 8 heteroatoms. The fourth-order valence-corrected chi connectivity index (χ4v) is 4.06. The van der Waals surface area contributed by atoms with Crippen LogP contribution >= 0.6 is 0 Å². The summed E-state index contributed by atoms with van der Waals surface area (Å²) in [5.74, 6) is 0.313. The normalized spacial score (nSPS) is 21.2. The van der Waals surface area contributed by atoms with Crippen LogP contribution in [0.4, 0.5) is 0 Å². The Balaban J connectivity index is 1.42. The van der Waals surface area contributed by atoms with E-state index in [1.165, 1.54) is 0 Å². The van der Waals surface area contributed by atoms with E-state index < -0.39 is 16.9 Å². The summed E-state index contributed by atoms with van der Waals surface area (Å²) in [7, 11) is 0. The van der Waals surface area contributed by atoms with Crippen LogP contribution in [-0.2, 0) is 24.2 Å². The van der Waals surface area contributed by atoms with Crippen molar-refractivity contribution in [2.75, 3.05) is 13.1 Å². The first kappa shape index (κ1) is 18.5. The van der Waals surface area contributed by atoms with Gasteiger partial charge in [-0.15, -0.1) is 0 Å². The number of carbonyl (C=O) groups excluding carboxylic acids is 1. The van der Waals surface area contributed by atoms with Gasteiger partial charge in [-0.3, -0.25) is 19.6 Å². The van der Waals surface area contributed by atoms with Gasteiger partial charge in [-0.25, -0.2) is 4.79 Å². The van der Waals surface area contributed by atoms with Gasteiger partial charge in [-0.1, -0.05) is 24.3 Å². The summed E-state index contributed by atoms with van der Waals surface area (Å²) >= 11 is 0. The van der Waals surface area contributed by atoms with E-state index in [0.29, 0.717) is 37.9 Å². The maximum atomic E-state index is 12.7.